The molecule has 0 radical (unpaired) electrons. The molecular formula is C18H24N2O5S. The van der Waals surface area contributed by atoms with Crippen LogP contribution in [0.3, 0.4) is 0 Å². The Bertz CT molecular complexity index is 771. The molecule has 8 heteroatoms. The first-order chi connectivity index (χ1) is 12.4. The zero-order chi connectivity index (χ0) is 19.1. The third-order valence-corrected chi connectivity index (χ3v) is 4.92. The van der Waals surface area contributed by atoms with Gasteiger partial charge in [0.15, 0.2) is 6.29 Å². The third kappa shape index (κ3) is 5.76. The minimum absolute atomic E-state index is 0.119. The highest BCUT2D eigenvalue weighted by Gasteiger charge is 2.16. The normalized spacial score (nSPS) is 12.3. The fourth-order valence-electron chi connectivity index (χ4n) is 2.32. The van der Waals surface area contributed by atoms with Crippen LogP contribution in [0.2, 0.25) is 0 Å². The molecule has 7 nitrogen and oxygen atoms in total. The minimum Gasteiger partial charge on any atom is -0.441 e. The zero-order valence-corrected chi connectivity index (χ0v) is 16.2. The molecule has 2 rings (SSSR count). The molecular weight excluding hydrogens is 356 g/mol. The maximum absolute atomic E-state index is 12.3. The van der Waals surface area contributed by atoms with Crippen LogP contribution in [0.25, 0.3) is 11.5 Å². The van der Waals surface area contributed by atoms with Crippen molar-refractivity contribution in [3.05, 3.63) is 41.3 Å². The van der Waals surface area contributed by atoms with Crippen LogP contribution in [0.1, 0.15) is 17.0 Å². The van der Waals surface area contributed by atoms with Crippen LogP contribution < -0.4 is 5.32 Å². The molecule has 1 heterocycles. The summed E-state index contributed by atoms with van der Waals surface area (Å²) in [4.78, 5) is 16.3. The van der Waals surface area contributed by atoms with Crippen molar-refractivity contribution >= 4 is 16.7 Å². The van der Waals surface area contributed by atoms with Crippen molar-refractivity contribution in [3.63, 3.8) is 0 Å². The van der Waals surface area contributed by atoms with Crippen LogP contribution in [0.5, 0.6) is 0 Å². The van der Waals surface area contributed by atoms with Crippen molar-refractivity contribution < 1.29 is 22.9 Å². The van der Waals surface area contributed by atoms with E-state index in [0.717, 1.165) is 11.1 Å². The lowest BCUT2D eigenvalue weighted by Crippen LogP contribution is -2.36. The Kier molecular flexibility index (Phi) is 7.50. The molecule has 0 aliphatic rings. The highest BCUT2D eigenvalue weighted by atomic mass is 32.2. The predicted molar refractivity (Wildman–Crippen MR) is 98.9 cm³/mol. The van der Waals surface area contributed by atoms with Crippen LogP contribution in [-0.2, 0) is 30.8 Å². The van der Waals surface area contributed by atoms with Crippen LogP contribution >= 0.6 is 0 Å². The number of aromatic nitrogens is 1. The molecule has 0 fully saturated rings. The molecule has 0 aliphatic carbocycles. The van der Waals surface area contributed by atoms with Crippen molar-refractivity contribution in [1.29, 1.82) is 0 Å². The summed E-state index contributed by atoms with van der Waals surface area (Å²) >= 11 is 0. The van der Waals surface area contributed by atoms with Gasteiger partial charge in [0.1, 0.15) is 11.5 Å². The Morgan fingerprint density at radius 1 is 1.31 bits per heavy atom. The Labute approximate surface area is 155 Å². The zero-order valence-electron chi connectivity index (χ0n) is 15.4. The fraction of sp³-hybridized carbons (Fsp3) is 0.444. The molecule has 0 spiro atoms. The highest BCUT2D eigenvalue weighted by molar-refractivity contribution is 7.84. The van der Waals surface area contributed by atoms with Crippen molar-refractivity contribution in [3.8, 4) is 11.5 Å². The number of rotatable bonds is 9. The summed E-state index contributed by atoms with van der Waals surface area (Å²) in [5, 5.41) is 2.63. The van der Waals surface area contributed by atoms with E-state index in [1.807, 2.05) is 31.2 Å². The van der Waals surface area contributed by atoms with Crippen LogP contribution in [-0.4, -0.2) is 47.9 Å². The lowest BCUT2D eigenvalue weighted by atomic mass is 10.1. The van der Waals surface area contributed by atoms with E-state index >= 15 is 0 Å². The number of nitrogens with one attached hydrogen (secondary N) is 1. The molecule has 2 aromatic rings. The average Bonchev–Trinajstić information content (AvgIpc) is 2.96. The van der Waals surface area contributed by atoms with Gasteiger partial charge in [-0.15, -0.1) is 0 Å². The van der Waals surface area contributed by atoms with Gasteiger partial charge in [0.05, 0.1) is 18.0 Å². The number of ether oxygens (including phenoxy) is 2. The largest absolute Gasteiger partial charge is 0.441 e. The molecule has 1 aromatic heterocycles. The Hall–Kier alpha value is -2.03. The van der Waals surface area contributed by atoms with Crippen LogP contribution in [0, 0.1) is 13.8 Å². The Morgan fingerprint density at radius 3 is 2.69 bits per heavy atom. The van der Waals surface area contributed by atoms with Gasteiger partial charge in [-0.05, 0) is 26.0 Å². The molecule has 26 heavy (non-hydrogen) atoms. The second-order valence-corrected chi connectivity index (χ2v) is 7.28. The highest BCUT2D eigenvalue weighted by Crippen LogP contribution is 2.23. The van der Waals surface area contributed by atoms with Gasteiger partial charge < -0.3 is 19.2 Å². The molecule has 1 atom stereocenters. The first-order valence-corrected chi connectivity index (χ1v) is 9.62. The van der Waals surface area contributed by atoms with Crippen LogP contribution in [0.15, 0.2) is 28.7 Å². The van der Waals surface area contributed by atoms with E-state index in [2.05, 4.69) is 10.3 Å². The molecule has 0 bridgehead atoms. The second kappa shape index (κ2) is 9.61. The Morgan fingerprint density at radius 2 is 2.04 bits per heavy atom. The number of carbonyl (C=O) groups excluding carboxylic acids is 1. The summed E-state index contributed by atoms with van der Waals surface area (Å²) in [5.74, 6) is 0.806. The van der Waals surface area contributed by atoms with Gasteiger partial charge in [-0.3, -0.25) is 9.00 Å². The summed E-state index contributed by atoms with van der Waals surface area (Å²) in [6.45, 7) is 3.97. The standard InChI is InChI=1S/C18H24N2O5S/c1-12-6-5-7-14(8-12)18-20-15(13(2)25-18)10-26(22)11-16(21)19-9-17(23-3)24-4/h5-8,17H,9-11H2,1-4H3,(H,19,21)/t26-/m0/s1. The number of oxazole rings is 1. The Balaban J connectivity index is 1.94. The number of methoxy groups -OCH3 is 2. The summed E-state index contributed by atoms with van der Waals surface area (Å²) in [6.07, 6.45) is -0.526. The van der Waals surface area contributed by atoms with E-state index in [1.54, 1.807) is 6.92 Å². The number of hydrogen-bond acceptors (Lipinski definition) is 6. The third-order valence-electron chi connectivity index (χ3n) is 3.74. The number of hydrogen-bond donors (Lipinski definition) is 1. The van der Waals surface area contributed by atoms with Crippen LogP contribution in [0.4, 0.5) is 0 Å². The quantitative estimate of drug-likeness (QED) is 0.669. The second-order valence-electron chi connectivity index (χ2n) is 5.82. The molecule has 0 unspecified atom stereocenters. The number of amides is 1. The van der Waals surface area contributed by atoms with Gasteiger partial charge in [-0.2, -0.15) is 0 Å². The number of aryl methyl sites for hydroxylation is 2. The molecule has 0 aliphatic heterocycles. The maximum atomic E-state index is 12.3. The summed E-state index contributed by atoms with van der Waals surface area (Å²) < 4.78 is 27.9. The number of benzene rings is 1. The molecule has 1 N–H and O–H groups in total. The first kappa shape index (κ1) is 20.3. The van der Waals surface area contributed by atoms with Crippen molar-refractivity contribution in [1.82, 2.24) is 10.3 Å². The predicted octanol–water partition coefficient (Wildman–Crippen LogP) is 1.94. The van der Waals surface area contributed by atoms with E-state index in [0.29, 0.717) is 17.3 Å². The first-order valence-electron chi connectivity index (χ1n) is 8.13. The van der Waals surface area contributed by atoms with E-state index in [1.165, 1.54) is 14.2 Å². The van der Waals surface area contributed by atoms with Crippen molar-refractivity contribution in [2.75, 3.05) is 26.5 Å². The van der Waals surface area contributed by atoms with Gasteiger partial charge in [-0.25, -0.2) is 4.98 Å². The van der Waals surface area contributed by atoms with Gasteiger partial charge in [-0.1, -0.05) is 17.7 Å². The van der Waals surface area contributed by atoms with Gasteiger partial charge >= 0.3 is 0 Å². The lowest BCUT2D eigenvalue weighted by Gasteiger charge is -2.13. The fourth-order valence-corrected chi connectivity index (χ4v) is 3.39. The SMILES string of the molecule is COC(CNC(=O)C[S@@](=O)Cc1nc(-c2cccc(C)c2)oc1C)OC. The van der Waals surface area contributed by atoms with Gasteiger partial charge in [0.25, 0.3) is 0 Å². The van der Waals surface area contributed by atoms with E-state index in [4.69, 9.17) is 13.9 Å². The van der Waals surface area contributed by atoms with Gasteiger partial charge in [0, 0.05) is 30.6 Å². The van der Waals surface area contributed by atoms with Crippen molar-refractivity contribution in [2.45, 2.75) is 25.9 Å². The minimum atomic E-state index is -1.39. The topological polar surface area (TPSA) is 90.7 Å². The summed E-state index contributed by atoms with van der Waals surface area (Å²) in [6, 6.07) is 7.81. The summed E-state index contributed by atoms with van der Waals surface area (Å²) in [7, 11) is 1.57. The molecule has 0 saturated carbocycles. The molecule has 1 aromatic carbocycles. The maximum Gasteiger partial charge on any atom is 0.232 e. The van der Waals surface area contributed by atoms with Gasteiger partial charge in [0.2, 0.25) is 11.8 Å². The van der Waals surface area contributed by atoms with E-state index < -0.39 is 17.1 Å². The van der Waals surface area contributed by atoms with E-state index in [9.17, 15) is 9.00 Å². The monoisotopic (exact) mass is 380 g/mol. The molecule has 1 amide bonds. The lowest BCUT2D eigenvalue weighted by molar-refractivity contribution is -0.125. The molecule has 142 valence electrons. The van der Waals surface area contributed by atoms with Crippen molar-refractivity contribution in [2.24, 2.45) is 0 Å². The number of nitrogens with zero attached hydrogens (tertiary/aromatic N) is 1. The average molecular weight is 380 g/mol. The summed E-state index contributed by atoms with van der Waals surface area (Å²) in [5.41, 5.74) is 2.57. The smallest absolute Gasteiger partial charge is 0.232 e. The van der Waals surface area contributed by atoms with E-state index in [-0.39, 0.29) is 24.0 Å². The number of carbonyl (C=O) groups is 1. The molecule has 0 saturated heterocycles.